The summed E-state index contributed by atoms with van der Waals surface area (Å²) >= 11 is 0. The van der Waals surface area contributed by atoms with Gasteiger partial charge >= 0.3 is 0 Å². The molecule has 0 aliphatic carbocycles. The van der Waals surface area contributed by atoms with Gasteiger partial charge in [-0.25, -0.2) is 0 Å². The number of aliphatic hydroxyl groups excluding tert-OH is 1. The summed E-state index contributed by atoms with van der Waals surface area (Å²) < 4.78 is 5.59. The highest BCUT2D eigenvalue weighted by Gasteiger charge is 2.13. The molecule has 1 unspecified atom stereocenters. The van der Waals surface area contributed by atoms with Crippen LogP contribution in [0, 0.1) is 5.92 Å². The normalized spacial score (nSPS) is 12.7. The Kier molecular flexibility index (Phi) is 6.81. The van der Waals surface area contributed by atoms with Crippen molar-refractivity contribution in [1.29, 1.82) is 0 Å². The van der Waals surface area contributed by atoms with Gasteiger partial charge in [0.05, 0.1) is 12.7 Å². The van der Waals surface area contributed by atoms with E-state index in [-0.39, 0.29) is 6.10 Å². The van der Waals surface area contributed by atoms with Crippen LogP contribution in [0.25, 0.3) is 0 Å². The zero-order valence-corrected chi connectivity index (χ0v) is 11.9. The molecule has 0 bridgehead atoms. The summed E-state index contributed by atoms with van der Waals surface area (Å²) in [6, 6.07) is 7.84. The van der Waals surface area contributed by atoms with Crippen molar-refractivity contribution in [3.8, 4) is 5.75 Å². The Balaban J connectivity index is 2.64. The molecule has 0 aromatic heterocycles. The van der Waals surface area contributed by atoms with Gasteiger partial charge in [0.1, 0.15) is 5.75 Å². The largest absolute Gasteiger partial charge is 0.494 e. The molecule has 1 aromatic rings. The fourth-order valence-electron chi connectivity index (χ4n) is 2.11. The van der Waals surface area contributed by atoms with Gasteiger partial charge in [-0.3, -0.25) is 0 Å². The summed E-state index contributed by atoms with van der Waals surface area (Å²) in [5, 5.41) is 10.2. The minimum Gasteiger partial charge on any atom is -0.494 e. The van der Waals surface area contributed by atoms with Crippen LogP contribution >= 0.6 is 0 Å². The third-order valence-electron chi connectivity index (χ3n) is 3.43. The fourth-order valence-corrected chi connectivity index (χ4v) is 2.11. The second kappa shape index (κ2) is 8.15. The number of hydrogen-bond acceptors (Lipinski definition) is 2. The Morgan fingerprint density at radius 3 is 2.50 bits per heavy atom. The van der Waals surface area contributed by atoms with Crippen molar-refractivity contribution < 1.29 is 9.84 Å². The van der Waals surface area contributed by atoms with Crippen LogP contribution < -0.4 is 4.74 Å². The topological polar surface area (TPSA) is 29.5 Å². The SMILES string of the molecule is CCCOc1cccc(C(O)CC(CC)CC)c1. The first-order valence-electron chi connectivity index (χ1n) is 7.12. The number of aliphatic hydroxyl groups is 1. The highest BCUT2D eigenvalue weighted by Crippen LogP contribution is 2.27. The van der Waals surface area contributed by atoms with Crippen molar-refractivity contribution in [2.24, 2.45) is 5.92 Å². The van der Waals surface area contributed by atoms with Crippen LogP contribution in [-0.2, 0) is 0 Å². The molecule has 18 heavy (non-hydrogen) atoms. The molecule has 2 nitrogen and oxygen atoms in total. The van der Waals surface area contributed by atoms with E-state index in [1.165, 1.54) is 0 Å². The summed E-state index contributed by atoms with van der Waals surface area (Å²) in [7, 11) is 0. The van der Waals surface area contributed by atoms with Crippen LogP contribution in [0.2, 0.25) is 0 Å². The maximum absolute atomic E-state index is 10.2. The minimum absolute atomic E-state index is 0.375. The fraction of sp³-hybridized carbons (Fsp3) is 0.625. The molecule has 0 radical (unpaired) electrons. The summed E-state index contributed by atoms with van der Waals surface area (Å²) in [4.78, 5) is 0. The van der Waals surface area contributed by atoms with Crippen LogP contribution in [0.4, 0.5) is 0 Å². The molecule has 0 fully saturated rings. The highest BCUT2D eigenvalue weighted by molar-refractivity contribution is 5.29. The van der Waals surface area contributed by atoms with Crippen LogP contribution in [0.1, 0.15) is 58.1 Å². The van der Waals surface area contributed by atoms with E-state index in [4.69, 9.17) is 4.74 Å². The van der Waals surface area contributed by atoms with Gasteiger partial charge in [0.2, 0.25) is 0 Å². The quantitative estimate of drug-likeness (QED) is 0.744. The molecule has 1 atom stereocenters. The van der Waals surface area contributed by atoms with Gasteiger partial charge in [-0.05, 0) is 36.5 Å². The second-order valence-electron chi connectivity index (χ2n) is 4.85. The van der Waals surface area contributed by atoms with Gasteiger partial charge in [0, 0.05) is 0 Å². The van der Waals surface area contributed by atoms with Crippen molar-refractivity contribution in [3.63, 3.8) is 0 Å². The zero-order valence-electron chi connectivity index (χ0n) is 11.9. The third kappa shape index (κ3) is 4.69. The van der Waals surface area contributed by atoms with Crippen molar-refractivity contribution in [2.45, 2.75) is 52.6 Å². The first-order chi connectivity index (χ1) is 8.71. The summed E-state index contributed by atoms with van der Waals surface area (Å²) in [5.74, 6) is 1.46. The predicted octanol–water partition coefficient (Wildman–Crippen LogP) is 4.34. The molecule has 2 heteroatoms. The van der Waals surface area contributed by atoms with Crippen LogP contribution in [-0.4, -0.2) is 11.7 Å². The van der Waals surface area contributed by atoms with E-state index in [1.807, 2.05) is 24.3 Å². The van der Waals surface area contributed by atoms with Gasteiger partial charge in [0.15, 0.2) is 0 Å². The maximum Gasteiger partial charge on any atom is 0.119 e. The molecule has 0 aliphatic heterocycles. The number of ether oxygens (including phenoxy) is 1. The third-order valence-corrected chi connectivity index (χ3v) is 3.43. The smallest absolute Gasteiger partial charge is 0.119 e. The second-order valence-corrected chi connectivity index (χ2v) is 4.85. The van der Waals surface area contributed by atoms with Crippen LogP contribution in [0.5, 0.6) is 5.75 Å². The van der Waals surface area contributed by atoms with E-state index in [1.54, 1.807) is 0 Å². The Hall–Kier alpha value is -1.02. The lowest BCUT2D eigenvalue weighted by Crippen LogP contribution is -2.06. The number of rotatable bonds is 8. The van der Waals surface area contributed by atoms with E-state index in [2.05, 4.69) is 20.8 Å². The molecule has 0 spiro atoms. The Morgan fingerprint density at radius 2 is 1.89 bits per heavy atom. The lowest BCUT2D eigenvalue weighted by molar-refractivity contribution is 0.140. The molecule has 1 rings (SSSR count). The van der Waals surface area contributed by atoms with E-state index in [0.717, 1.165) is 43.6 Å². The first kappa shape index (κ1) is 15.0. The molecule has 1 N–H and O–H groups in total. The van der Waals surface area contributed by atoms with Crippen molar-refractivity contribution in [2.75, 3.05) is 6.61 Å². The Labute approximate surface area is 111 Å². The molecule has 0 saturated carbocycles. The van der Waals surface area contributed by atoms with E-state index in [0.29, 0.717) is 5.92 Å². The van der Waals surface area contributed by atoms with Gasteiger partial charge in [-0.15, -0.1) is 0 Å². The summed E-state index contributed by atoms with van der Waals surface area (Å²) in [5.41, 5.74) is 0.968. The molecule has 0 aliphatic rings. The standard InChI is InChI=1S/C16H26O2/c1-4-10-18-15-9-7-8-14(12-15)16(17)11-13(5-2)6-3/h7-9,12-13,16-17H,4-6,10-11H2,1-3H3. The predicted molar refractivity (Wildman–Crippen MR) is 75.9 cm³/mol. The molecule has 0 saturated heterocycles. The lowest BCUT2D eigenvalue weighted by atomic mass is 9.93. The monoisotopic (exact) mass is 250 g/mol. The first-order valence-corrected chi connectivity index (χ1v) is 7.12. The minimum atomic E-state index is -0.375. The molecule has 102 valence electrons. The average Bonchev–Trinajstić information content (AvgIpc) is 2.42. The lowest BCUT2D eigenvalue weighted by Gasteiger charge is -2.18. The van der Waals surface area contributed by atoms with E-state index >= 15 is 0 Å². The molecular weight excluding hydrogens is 224 g/mol. The summed E-state index contributed by atoms with van der Waals surface area (Å²) in [6.07, 6.45) is 3.71. The maximum atomic E-state index is 10.2. The molecule has 1 aromatic carbocycles. The van der Waals surface area contributed by atoms with Crippen molar-refractivity contribution in [1.82, 2.24) is 0 Å². The van der Waals surface area contributed by atoms with Crippen LogP contribution in [0.15, 0.2) is 24.3 Å². The zero-order chi connectivity index (χ0) is 13.4. The average molecular weight is 250 g/mol. The van der Waals surface area contributed by atoms with Gasteiger partial charge < -0.3 is 9.84 Å². The summed E-state index contributed by atoms with van der Waals surface area (Å²) in [6.45, 7) is 7.18. The van der Waals surface area contributed by atoms with Crippen molar-refractivity contribution >= 4 is 0 Å². The van der Waals surface area contributed by atoms with Gasteiger partial charge in [0.25, 0.3) is 0 Å². The molecular formula is C16H26O2. The highest BCUT2D eigenvalue weighted by atomic mass is 16.5. The van der Waals surface area contributed by atoms with E-state index < -0.39 is 0 Å². The van der Waals surface area contributed by atoms with Crippen LogP contribution in [0.3, 0.4) is 0 Å². The molecule has 0 amide bonds. The number of hydrogen-bond donors (Lipinski definition) is 1. The molecule has 0 heterocycles. The van der Waals surface area contributed by atoms with Gasteiger partial charge in [-0.1, -0.05) is 45.7 Å². The Morgan fingerprint density at radius 1 is 1.17 bits per heavy atom. The Bertz CT molecular complexity index is 332. The van der Waals surface area contributed by atoms with E-state index in [9.17, 15) is 5.11 Å². The van der Waals surface area contributed by atoms with Crippen molar-refractivity contribution in [3.05, 3.63) is 29.8 Å². The number of benzene rings is 1. The van der Waals surface area contributed by atoms with Gasteiger partial charge in [-0.2, -0.15) is 0 Å².